The molecule has 1 fully saturated rings. The Bertz CT molecular complexity index is 663. The van der Waals surface area contributed by atoms with E-state index in [9.17, 15) is 9.59 Å². The van der Waals surface area contributed by atoms with Crippen molar-refractivity contribution in [3.8, 4) is 11.5 Å². The molecule has 1 heterocycles. The van der Waals surface area contributed by atoms with Crippen molar-refractivity contribution in [1.29, 1.82) is 0 Å². The van der Waals surface area contributed by atoms with Crippen LogP contribution in [0.3, 0.4) is 0 Å². The Morgan fingerprint density at radius 1 is 1.11 bits per heavy atom. The summed E-state index contributed by atoms with van der Waals surface area (Å²) in [6.07, 6.45) is 1.66. The van der Waals surface area contributed by atoms with Crippen molar-refractivity contribution >= 4 is 11.9 Å². The summed E-state index contributed by atoms with van der Waals surface area (Å²) < 4.78 is 11.3. The fourth-order valence-corrected chi connectivity index (χ4v) is 3.55. The van der Waals surface area contributed by atoms with Crippen molar-refractivity contribution in [2.75, 3.05) is 26.3 Å². The van der Waals surface area contributed by atoms with E-state index in [2.05, 4.69) is 0 Å². The molecule has 1 aromatic carbocycles. The van der Waals surface area contributed by atoms with Crippen LogP contribution in [0.5, 0.6) is 11.5 Å². The van der Waals surface area contributed by atoms with E-state index >= 15 is 0 Å². The largest absolute Gasteiger partial charge is 0.490 e. The molecule has 0 unspecified atom stereocenters. The minimum absolute atomic E-state index is 0.0582. The van der Waals surface area contributed by atoms with Crippen molar-refractivity contribution in [2.24, 2.45) is 5.92 Å². The Labute approximate surface area is 161 Å². The molecular formula is C21H31NO5. The monoisotopic (exact) mass is 377 g/mol. The summed E-state index contributed by atoms with van der Waals surface area (Å²) in [4.78, 5) is 25.9. The molecule has 6 nitrogen and oxygen atoms in total. The number of ether oxygens (including phenoxy) is 2. The minimum atomic E-state index is -0.766. The van der Waals surface area contributed by atoms with Gasteiger partial charge < -0.3 is 19.5 Å². The topological polar surface area (TPSA) is 76.1 Å². The fraction of sp³-hybridized carbons (Fsp3) is 0.619. The number of carbonyl (C=O) groups excluding carboxylic acids is 1. The molecule has 0 saturated carbocycles. The van der Waals surface area contributed by atoms with Crippen LogP contribution in [0.25, 0.3) is 0 Å². The van der Waals surface area contributed by atoms with Gasteiger partial charge in [-0.2, -0.15) is 0 Å². The maximum atomic E-state index is 13.2. The number of aliphatic carboxylic acids is 1. The molecular weight excluding hydrogens is 346 g/mol. The Balaban J connectivity index is 2.13. The zero-order chi connectivity index (χ0) is 20.0. The molecule has 150 valence electrons. The van der Waals surface area contributed by atoms with Gasteiger partial charge in [0.1, 0.15) is 0 Å². The van der Waals surface area contributed by atoms with E-state index in [1.54, 1.807) is 0 Å². The lowest BCUT2D eigenvalue weighted by molar-refractivity contribution is -0.139. The number of piperidine rings is 1. The van der Waals surface area contributed by atoms with Gasteiger partial charge in [0, 0.05) is 19.5 Å². The highest BCUT2D eigenvalue weighted by atomic mass is 16.5. The van der Waals surface area contributed by atoms with E-state index in [1.807, 2.05) is 50.8 Å². The Morgan fingerprint density at radius 2 is 1.70 bits per heavy atom. The predicted octanol–water partition coefficient (Wildman–Crippen LogP) is 3.47. The number of likely N-dealkylation sites (tertiary alicyclic amines) is 1. The molecule has 0 aromatic heterocycles. The first-order chi connectivity index (χ1) is 12.8. The molecule has 0 bridgehead atoms. The van der Waals surface area contributed by atoms with E-state index < -0.39 is 11.4 Å². The second-order valence-corrected chi connectivity index (χ2v) is 7.49. The molecule has 1 N–H and O–H groups in total. The molecule has 0 atom stereocenters. The van der Waals surface area contributed by atoms with Gasteiger partial charge in [0.2, 0.25) is 5.91 Å². The number of benzene rings is 1. The van der Waals surface area contributed by atoms with Crippen LogP contribution in [0, 0.1) is 5.92 Å². The van der Waals surface area contributed by atoms with Gasteiger partial charge in [-0.3, -0.25) is 9.59 Å². The molecule has 1 aliphatic rings. The molecule has 2 rings (SSSR count). The van der Waals surface area contributed by atoms with Gasteiger partial charge in [0.25, 0.3) is 0 Å². The molecule has 0 spiro atoms. The third-order valence-electron chi connectivity index (χ3n) is 5.16. The Morgan fingerprint density at radius 3 is 2.26 bits per heavy atom. The first-order valence-corrected chi connectivity index (χ1v) is 9.70. The van der Waals surface area contributed by atoms with Crippen LogP contribution in [-0.4, -0.2) is 48.2 Å². The number of nitrogens with zero attached hydrogens (tertiary/aromatic N) is 1. The number of carboxylic acids is 1. The molecule has 1 aromatic rings. The normalized spacial score (nSPS) is 15.5. The molecule has 0 aliphatic carbocycles. The van der Waals surface area contributed by atoms with Crippen LogP contribution >= 0.6 is 0 Å². The Hall–Kier alpha value is -2.24. The molecule has 1 saturated heterocycles. The predicted molar refractivity (Wildman–Crippen MR) is 103 cm³/mol. The van der Waals surface area contributed by atoms with Crippen LogP contribution in [0.4, 0.5) is 0 Å². The number of hydrogen-bond donors (Lipinski definition) is 1. The molecule has 27 heavy (non-hydrogen) atoms. The number of rotatable bonds is 8. The second-order valence-electron chi connectivity index (χ2n) is 7.49. The van der Waals surface area contributed by atoms with E-state index in [1.165, 1.54) is 0 Å². The smallest absolute Gasteiger partial charge is 0.303 e. The van der Waals surface area contributed by atoms with Crippen LogP contribution < -0.4 is 9.47 Å². The van der Waals surface area contributed by atoms with Crippen molar-refractivity contribution in [1.82, 2.24) is 4.90 Å². The lowest BCUT2D eigenvalue weighted by Gasteiger charge is -2.37. The van der Waals surface area contributed by atoms with Crippen molar-refractivity contribution in [3.63, 3.8) is 0 Å². The van der Waals surface area contributed by atoms with Gasteiger partial charge in [-0.05, 0) is 64.2 Å². The van der Waals surface area contributed by atoms with Crippen molar-refractivity contribution in [2.45, 2.75) is 52.4 Å². The van der Waals surface area contributed by atoms with Crippen LogP contribution in [0.15, 0.2) is 18.2 Å². The van der Waals surface area contributed by atoms with E-state index in [0.29, 0.717) is 37.8 Å². The fourth-order valence-electron chi connectivity index (χ4n) is 3.55. The summed E-state index contributed by atoms with van der Waals surface area (Å²) >= 11 is 0. The summed E-state index contributed by atoms with van der Waals surface area (Å²) in [5.41, 5.74) is 0.183. The zero-order valence-electron chi connectivity index (χ0n) is 16.8. The minimum Gasteiger partial charge on any atom is -0.490 e. The van der Waals surface area contributed by atoms with Crippen molar-refractivity contribution in [3.05, 3.63) is 23.8 Å². The van der Waals surface area contributed by atoms with Gasteiger partial charge in [-0.25, -0.2) is 0 Å². The first-order valence-electron chi connectivity index (χ1n) is 9.70. The SMILES string of the molecule is CCOc1ccc(C(C)(C)C(=O)N2CCC(CC(=O)O)CC2)cc1OCC. The van der Waals surface area contributed by atoms with Gasteiger partial charge in [0.15, 0.2) is 11.5 Å². The lowest BCUT2D eigenvalue weighted by atomic mass is 9.82. The molecule has 0 radical (unpaired) electrons. The van der Waals surface area contributed by atoms with Gasteiger partial charge in [-0.15, -0.1) is 0 Å². The molecule has 6 heteroatoms. The number of hydrogen-bond acceptors (Lipinski definition) is 4. The maximum absolute atomic E-state index is 13.2. The number of carbonyl (C=O) groups is 2. The average Bonchev–Trinajstić information content (AvgIpc) is 2.63. The van der Waals surface area contributed by atoms with Crippen LogP contribution in [0.1, 0.15) is 52.5 Å². The van der Waals surface area contributed by atoms with Gasteiger partial charge >= 0.3 is 5.97 Å². The van der Waals surface area contributed by atoms with E-state index in [-0.39, 0.29) is 18.2 Å². The zero-order valence-corrected chi connectivity index (χ0v) is 16.8. The average molecular weight is 377 g/mol. The molecule has 1 amide bonds. The highest BCUT2D eigenvalue weighted by Crippen LogP contribution is 2.35. The van der Waals surface area contributed by atoms with Gasteiger partial charge in [0.05, 0.1) is 18.6 Å². The highest BCUT2D eigenvalue weighted by Gasteiger charge is 2.36. The first kappa shape index (κ1) is 21.1. The highest BCUT2D eigenvalue weighted by molar-refractivity contribution is 5.87. The molecule has 1 aliphatic heterocycles. The van der Waals surface area contributed by atoms with E-state index in [0.717, 1.165) is 18.4 Å². The van der Waals surface area contributed by atoms with Gasteiger partial charge in [-0.1, -0.05) is 6.07 Å². The summed E-state index contributed by atoms with van der Waals surface area (Å²) in [6, 6.07) is 5.67. The maximum Gasteiger partial charge on any atom is 0.303 e. The summed E-state index contributed by atoms with van der Waals surface area (Å²) in [7, 11) is 0. The standard InChI is InChI=1S/C21H31NO5/c1-5-26-17-8-7-16(14-18(17)27-6-2)21(3,4)20(25)22-11-9-15(10-12-22)13-19(23)24/h7-8,14-15H,5-6,9-13H2,1-4H3,(H,23,24). The Kier molecular flexibility index (Phi) is 7.11. The third kappa shape index (κ3) is 5.15. The van der Waals surface area contributed by atoms with Crippen LogP contribution in [-0.2, 0) is 15.0 Å². The summed E-state index contributed by atoms with van der Waals surface area (Å²) in [5.74, 6) is 0.782. The van der Waals surface area contributed by atoms with E-state index in [4.69, 9.17) is 14.6 Å². The van der Waals surface area contributed by atoms with Crippen molar-refractivity contribution < 1.29 is 24.2 Å². The summed E-state index contributed by atoms with van der Waals surface area (Å²) in [6.45, 7) is 9.96. The quantitative estimate of drug-likeness (QED) is 0.751. The number of amides is 1. The lowest BCUT2D eigenvalue weighted by Crippen LogP contribution is -2.47. The van der Waals surface area contributed by atoms with Crippen LogP contribution in [0.2, 0.25) is 0 Å². The summed E-state index contributed by atoms with van der Waals surface area (Å²) in [5, 5.41) is 8.95. The third-order valence-corrected chi connectivity index (χ3v) is 5.16. The second kappa shape index (κ2) is 9.11. The number of carboxylic acid groups (broad SMARTS) is 1.